The molecule has 0 aliphatic carbocycles. The van der Waals surface area contributed by atoms with Gasteiger partial charge in [0.05, 0.1) is 25.6 Å². The first kappa shape index (κ1) is 15.3. The van der Waals surface area contributed by atoms with Crippen LogP contribution in [0.5, 0.6) is 11.5 Å². The number of hydrogen-bond acceptors (Lipinski definition) is 4. The number of methoxy groups -OCH3 is 2. The van der Waals surface area contributed by atoms with E-state index in [2.05, 4.69) is 15.6 Å². The fraction of sp³-hybridized carbons (Fsp3) is 0.143. The Morgan fingerprint density at radius 3 is 2.57 bits per heavy atom. The molecule has 0 aliphatic heterocycles. The van der Waals surface area contributed by atoms with Gasteiger partial charge >= 0.3 is 0 Å². The van der Waals surface area contributed by atoms with Crippen LogP contribution in [0.1, 0.15) is 0 Å². The molecular weight excluding hydrogens is 310 g/mol. The largest absolute Gasteiger partial charge is 0.497 e. The summed E-state index contributed by atoms with van der Waals surface area (Å²) < 4.78 is 10.5. The molecule has 0 atom stereocenters. The average Bonchev–Trinajstić information content (AvgIpc) is 2.49. The number of hydrogen-bond donors (Lipinski definition) is 2. The minimum absolute atomic E-state index is 0.347. The molecule has 0 saturated heterocycles. The van der Waals surface area contributed by atoms with Gasteiger partial charge in [-0.05, 0) is 36.5 Å². The number of pyridine rings is 1. The van der Waals surface area contributed by atoms with E-state index in [1.807, 2.05) is 0 Å². The van der Waals surface area contributed by atoms with Gasteiger partial charge in [-0.3, -0.25) is 0 Å². The van der Waals surface area contributed by atoms with Gasteiger partial charge in [0.25, 0.3) is 0 Å². The molecule has 0 bridgehead atoms. The van der Waals surface area contributed by atoms with Crippen molar-refractivity contribution in [2.24, 2.45) is 0 Å². The Kier molecular flexibility index (Phi) is 5.19. The first-order valence-electron chi connectivity index (χ1n) is 6.04. The molecule has 2 aromatic rings. The van der Waals surface area contributed by atoms with Crippen LogP contribution in [0.4, 0.5) is 11.4 Å². The summed E-state index contributed by atoms with van der Waals surface area (Å²) in [5.74, 6) is 1.35. The van der Waals surface area contributed by atoms with Crippen molar-refractivity contribution >= 4 is 40.3 Å². The third-order valence-corrected chi connectivity index (χ3v) is 3.17. The van der Waals surface area contributed by atoms with E-state index in [-0.39, 0.29) is 0 Å². The van der Waals surface area contributed by atoms with Crippen LogP contribution in [0, 0.1) is 0 Å². The van der Waals surface area contributed by atoms with E-state index in [1.165, 1.54) is 0 Å². The molecule has 1 aromatic heterocycles. The first-order chi connectivity index (χ1) is 10.1. The van der Waals surface area contributed by atoms with Crippen LogP contribution in [0.25, 0.3) is 0 Å². The number of rotatable bonds is 4. The van der Waals surface area contributed by atoms with E-state index < -0.39 is 0 Å². The summed E-state index contributed by atoms with van der Waals surface area (Å²) in [6.07, 6.45) is 1.61. The van der Waals surface area contributed by atoms with E-state index in [1.54, 1.807) is 50.7 Å². The van der Waals surface area contributed by atoms with Crippen LogP contribution in [-0.4, -0.2) is 24.3 Å². The van der Waals surface area contributed by atoms with Crippen molar-refractivity contribution in [3.63, 3.8) is 0 Å². The fourth-order valence-corrected chi connectivity index (χ4v) is 2.05. The van der Waals surface area contributed by atoms with Crippen molar-refractivity contribution in [1.82, 2.24) is 4.98 Å². The highest BCUT2D eigenvalue weighted by atomic mass is 35.5. The van der Waals surface area contributed by atoms with Gasteiger partial charge in [-0.1, -0.05) is 11.6 Å². The first-order valence-corrected chi connectivity index (χ1v) is 6.83. The molecule has 110 valence electrons. The summed E-state index contributed by atoms with van der Waals surface area (Å²) in [5, 5.41) is 6.74. The molecule has 0 saturated carbocycles. The second kappa shape index (κ2) is 7.10. The van der Waals surface area contributed by atoms with E-state index in [4.69, 9.17) is 33.3 Å². The topological polar surface area (TPSA) is 55.4 Å². The minimum Gasteiger partial charge on any atom is -0.497 e. The number of nitrogens with zero attached hydrogens (tertiary/aromatic N) is 1. The zero-order chi connectivity index (χ0) is 15.2. The monoisotopic (exact) mass is 323 g/mol. The van der Waals surface area contributed by atoms with Gasteiger partial charge in [0, 0.05) is 12.3 Å². The van der Waals surface area contributed by atoms with Crippen molar-refractivity contribution in [2.75, 3.05) is 24.9 Å². The number of nitrogens with one attached hydrogen (secondary N) is 2. The Hall–Kier alpha value is -2.05. The molecule has 21 heavy (non-hydrogen) atoms. The number of anilines is 2. The molecule has 5 nitrogen and oxygen atoms in total. The van der Waals surface area contributed by atoms with Crippen molar-refractivity contribution in [2.45, 2.75) is 0 Å². The van der Waals surface area contributed by atoms with E-state index in [0.717, 1.165) is 0 Å². The third kappa shape index (κ3) is 3.96. The molecule has 0 spiro atoms. The van der Waals surface area contributed by atoms with E-state index in [0.29, 0.717) is 33.1 Å². The Balaban J connectivity index is 2.14. The van der Waals surface area contributed by atoms with Gasteiger partial charge < -0.3 is 20.1 Å². The van der Waals surface area contributed by atoms with Crippen molar-refractivity contribution in [3.05, 3.63) is 41.7 Å². The summed E-state index contributed by atoms with van der Waals surface area (Å²) in [6, 6.07) is 8.94. The predicted molar refractivity (Wildman–Crippen MR) is 88.6 cm³/mol. The summed E-state index contributed by atoms with van der Waals surface area (Å²) in [7, 11) is 3.18. The van der Waals surface area contributed by atoms with Gasteiger partial charge in [0.15, 0.2) is 10.3 Å². The van der Waals surface area contributed by atoms with Crippen molar-refractivity contribution in [3.8, 4) is 11.5 Å². The maximum atomic E-state index is 5.97. The fourth-order valence-electron chi connectivity index (χ4n) is 1.67. The van der Waals surface area contributed by atoms with E-state index in [9.17, 15) is 0 Å². The Labute approximate surface area is 133 Å². The van der Waals surface area contributed by atoms with Crippen LogP contribution in [0.15, 0.2) is 36.5 Å². The zero-order valence-electron chi connectivity index (χ0n) is 11.5. The lowest BCUT2D eigenvalue weighted by Crippen LogP contribution is -2.19. The average molecular weight is 324 g/mol. The molecule has 0 unspecified atom stereocenters. The highest BCUT2D eigenvalue weighted by Gasteiger charge is 2.08. The minimum atomic E-state index is 0.347. The number of benzene rings is 1. The smallest absolute Gasteiger partial charge is 0.175 e. The summed E-state index contributed by atoms with van der Waals surface area (Å²) in [5.41, 5.74) is 1.31. The molecule has 1 heterocycles. The third-order valence-electron chi connectivity index (χ3n) is 2.66. The molecule has 0 aliphatic rings. The summed E-state index contributed by atoms with van der Waals surface area (Å²) >= 11 is 11.2. The quantitative estimate of drug-likeness (QED) is 0.663. The molecule has 2 N–H and O–H groups in total. The highest BCUT2D eigenvalue weighted by molar-refractivity contribution is 7.80. The molecule has 2 rings (SSSR count). The SMILES string of the molecule is COc1ccc(OC)c(NC(=S)Nc2cccnc2Cl)c1. The van der Waals surface area contributed by atoms with Crippen LogP contribution in [-0.2, 0) is 0 Å². The molecule has 0 amide bonds. The maximum absolute atomic E-state index is 5.97. The molecule has 7 heteroatoms. The van der Waals surface area contributed by atoms with Gasteiger partial charge in [-0.15, -0.1) is 0 Å². The Morgan fingerprint density at radius 2 is 1.90 bits per heavy atom. The number of halogens is 1. The van der Waals surface area contributed by atoms with Crippen LogP contribution >= 0.6 is 23.8 Å². The van der Waals surface area contributed by atoms with Crippen LogP contribution in [0.2, 0.25) is 5.15 Å². The lowest BCUT2D eigenvalue weighted by Gasteiger charge is -2.14. The second-order valence-electron chi connectivity index (χ2n) is 3.99. The van der Waals surface area contributed by atoms with Crippen LogP contribution < -0.4 is 20.1 Å². The van der Waals surface area contributed by atoms with Crippen molar-refractivity contribution < 1.29 is 9.47 Å². The Bertz CT molecular complexity index is 652. The molecule has 0 radical (unpaired) electrons. The van der Waals surface area contributed by atoms with Gasteiger partial charge in [0.1, 0.15) is 11.5 Å². The second-order valence-corrected chi connectivity index (χ2v) is 4.75. The van der Waals surface area contributed by atoms with Gasteiger partial charge in [-0.2, -0.15) is 0 Å². The van der Waals surface area contributed by atoms with Crippen LogP contribution in [0.3, 0.4) is 0 Å². The molecule has 1 aromatic carbocycles. The molecular formula is C14H14ClN3O2S. The number of ether oxygens (including phenoxy) is 2. The number of aromatic nitrogens is 1. The van der Waals surface area contributed by atoms with Gasteiger partial charge in [-0.25, -0.2) is 4.98 Å². The molecule has 0 fully saturated rings. The lowest BCUT2D eigenvalue weighted by atomic mass is 10.2. The number of thiocarbonyl (C=S) groups is 1. The van der Waals surface area contributed by atoms with Gasteiger partial charge in [0.2, 0.25) is 0 Å². The maximum Gasteiger partial charge on any atom is 0.175 e. The Morgan fingerprint density at radius 1 is 1.14 bits per heavy atom. The lowest BCUT2D eigenvalue weighted by molar-refractivity contribution is 0.405. The highest BCUT2D eigenvalue weighted by Crippen LogP contribution is 2.29. The summed E-state index contributed by atoms with van der Waals surface area (Å²) in [4.78, 5) is 3.97. The zero-order valence-corrected chi connectivity index (χ0v) is 13.1. The summed E-state index contributed by atoms with van der Waals surface area (Å²) in [6.45, 7) is 0. The van der Waals surface area contributed by atoms with Crippen molar-refractivity contribution in [1.29, 1.82) is 0 Å². The normalized spacial score (nSPS) is 9.86. The van der Waals surface area contributed by atoms with E-state index >= 15 is 0 Å². The standard InChI is InChI=1S/C14H14ClN3O2S/c1-19-9-5-6-12(20-2)11(8-9)18-14(21)17-10-4-3-7-16-13(10)15/h3-8H,1-2H3,(H2,17,18,21). The predicted octanol–water partition coefficient (Wildman–Crippen LogP) is 3.56.